The van der Waals surface area contributed by atoms with Crippen LogP contribution in [0.1, 0.15) is 42.9 Å². The molecular weight excluding hydrogens is 475 g/mol. The summed E-state index contributed by atoms with van der Waals surface area (Å²) in [7, 11) is 0. The summed E-state index contributed by atoms with van der Waals surface area (Å²) in [6.45, 7) is 0. The molecule has 34 heavy (non-hydrogen) atoms. The minimum absolute atomic E-state index is 0.0840. The van der Waals surface area contributed by atoms with E-state index in [0.717, 1.165) is 35.2 Å². The van der Waals surface area contributed by atoms with Gasteiger partial charge in [0.25, 0.3) is 0 Å². The molecule has 0 saturated heterocycles. The maximum Gasteiger partial charge on any atom is 0.305 e. The second-order valence-electron chi connectivity index (χ2n) is 8.40. The van der Waals surface area contributed by atoms with Crippen molar-refractivity contribution in [3.8, 4) is 22.6 Å². The molecule has 2 unspecified atom stereocenters. The smallest absolute Gasteiger partial charge is 0.305 e. The molecule has 1 saturated carbocycles. The second-order valence-corrected chi connectivity index (χ2v) is 9.27. The minimum atomic E-state index is -1.14. The fourth-order valence-corrected chi connectivity index (χ4v) is 4.07. The van der Waals surface area contributed by atoms with Crippen LogP contribution in [-0.4, -0.2) is 43.5 Å². The number of aliphatic hydroxyl groups excluding tert-OH is 2. The summed E-state index contributed by atoms with van der Waals surface area (Å²) in [6, 6.07) is 14.7. The highest BCUT2D eigenvalue weighted by molar-refractivity contribution is 6.31. The lowest BCUT2D eigenvalue weighted by molar-refractivity contribution is -0.139. The normalized spacial score (nSPS) is 15.4. The molecule has 2 aromatic carbocycles. The first-order chi connectivity index (χ1) is 16.3. The van der Waals surface area contributed by atoms with Crippen molar-refractivity contribution in [2.24, 2.45) is 0 Å². The number of aromatic nitrogens is 2. The molecule has 1 aliphatic carbocycles. The predicted octanol–water partition coefficient (Wildman–Crippen LogP) is 5.59. The highest BCUT2D eigenvalue weighted by Gasteiger charge is 2.30. The molecule has 1 aromatic heterocycles. The Morgan fingerprint density at radius 2 is 1.76 bits per heavy atom. The Kier molecular flexibility index (Phi) is 7.63. The lowest BCUT2D eigenvalue weighted by Gasteiger charge is -2.15. The summed E-state index contributed by atoms with van der Waals surface area (Å²) >= 11 is 12.3. The van der Waals surface area contributed by atoms with Gasteiger partial charge >= 0.3 is 5.97 Å². The van der Waals surface area contributed by atoms with Crippen molar-refractivity contribution in [1.82, 2.24) is 9.97 Å². The quantitative estimate of drug-likeness (QED) is 0.355. The van der Waals surface area contributed by atoms with Gasteiger partial charge in [0.1, 0.15) is 0 Å². The van der Waals surface area contributed by atoms with Crippen LogP contribution in [0.3, 0.4) is 0 Å². The zero-order valence-electron chi connectivity index (χ0n) is 18.2. The van der Waals surface area contributed by atoms with Gasteiger partial charge in [0.05, 0.1) is 30.0 Å². The van der Waals surface area contributed by atoms with Crippen molar-refractivity contribution in [2.45, 2.75) is 43.8 Å². The minimum Gasteiger partial charge on any atom is -0.481 e. The third-order valence-electron chi connectivity index (χ3n) is 5.55. The molecule has 1 aliphatic rings. The molecule has 0 bridgehead atoms. The number of benzene rings is 2. The average molecular weight is 499 g/mol. The molecule has 3 N–H and O–H groups in total. The molecule has 2 atom stereocenters. The van der Waals surface area contributed by atoms with Gasteiger partial charge in [-0.15, -0.1) is 0 Å². The van der Waals surface area contributed by atoms with Crippen molar-refractivity contribution < 1.29 is 20.1 Å². The Morgan fingerprint density at radius 1 is 1.03 bits per heavy atom. The van der Waals surface area contributed by atoms with Crippen molar-refractivity contribution in [3.05, 3.63) is 75.9 Å². The molecule has 176 valence electrons. The van der Waals surface area contributed by atoms with Crippen molar-refractivity contribution in [1.29, 1.82) is 0 Å². The van der Waals surface area contributed by atoms with Gasteiger partial charge in [0.2, 0.25) is 0 Å². The van der Waals surface area contributed by atoms with Gasteiger partial charge in [-0.3, -0.25) is 4.79 Å². The van der Waals surface area contributed by atoms with Crippen LogP contribution < -0.4 is 0 Å². The highest BCUT2D eigenvalue weighted by Crippen LogP contribution is 2.44. The second kappa shape index (κ2) is 10.7. The molecule has 0 radical (unpaired) electrons. The van der Waals surface area contributed by atoms with Gasteiger partial charge in [-0.2, -0.15) is 0 Å². The molecule has 1 fully saturated rings. The Hall–Kier alpha value is -2.77. The molecular formula is C26H24Cl2N2O4. The SMILES string of the molecule is O=C(O)CC(O)CC(O)/C=C/c1c(-c2ccc(Cl)cc2)nc(-c2cccc(Cl)c2)nc1C1CC1. The highest BCUT2D eigenvalue weighted by atomic mass is 35.5. The van der Waals surface area contributed by atoms with Crippen LogP contribution in [0.5, 0.6) is 0 Å². The predicted molar refractivity (Wildman–Crippen MR) is 133 cm³/mol. The van der Waals surface area contributed by atoms with Crippen LogP contribution in [0.15, 0.2) is 54.6 Å². The monoisotopic (exact) mass is 498 g/mol. The maximum atomic E-state index is 10.8. The first kappa shape index (κ1) is 24.4. The Morgan fingerprint density at radius 3 is 2.41 bits per heavy atom. The third kappa shape index (κ3) is 6.21. The van der Waals surface area contributed by atoms with E-state index in [-0.39, 0.29) is 12.3 Å². The fourth-order valence-electron chi connectivity index (χ4n) is 3.75. The molecule has 1 heterocycles. The van der Waals surface area contributed by atoms with Crippen molar-refractivity contribution in [3.63, 3.8) is 0 Å². The molecule has 0 spiro atoms. The number of rotatable bonds is 9. The largest absolute Gasteiger partial charge is 0.481 e. The summed E-state index contributed by atoms with van der Waals surface area (Å²) in [4.78, 5) is 20.5. The van der Waals surface area contributed by atoms with E-state index in [9.17, 15) is 15.0 Å². The summed E-state index contributed by atoms with van der Waals surface area (Å²) in [6.07, 6.45) is 2.65. The van der Waals surface area contributed by atoms with E-state index in [2.05, 4.69) is 0 Å². The van der Waals surface area contributed by atoms with E-state index in [1.165, 1.54) is 0 Å². The van der Waals surface area contributed by atoms with Gasteiger partial charge in [-0.05, 0) is 37.1 Å². The lowest BCUT2D eigenvalue weighted by Crippen LogP contribution is -2.19. The standard InChI is InChI=1S/C26H24Cl2N2O4/c27-18-8-6-16(7-9-18)25-22(11-10-20(31)13-21(32)14-23(33)34)24(15-4-5-15)29-26(30-25)17-2-1-3-19(28)12-17/h1-3,6-12,15,20-21,31-32H,4-5,13-14H2,(H,33,34)/b11-10+. The summed E-state index contributed by atoms with van der Waals surface area (Å²) < 4.78 is 0. The van der Waals surface area contributed by atoms with Crippen LogP contribution >= 0.6 is 23.2 Å². The van der Waals surface area contributed by atoms with Crippen LogP contribution in [0.2, 0.25) is 10.0 Å². The number of carboxylic acid groups (broad SMARTS) is 1. The van der Waals surface area contributed by atoms with Crippen molar-refractivity contribution >= 4 is 35.2 Å². The lowest BCUT2D eigenvalue weighted by atomic mass is 9.99. The van der Waals surface area contributed by atoms with Crippen LogP contribution in [0.4, 0.5) is 0 Å². The average Bonchev–Trinajstić information content (AvgIpc) is 3.62. The number of nitrogens with zero attached hydrogens (tertiary/aromatic N) is 2. The fraction of sp³-hybridized carbons (Fsp3) is 0.269. The van der Waals surface area contributed by atoms with E-state index in [0.29, 0.717) is 21.6 Å². The number of hydrogen-bond acceptors (Lipinski definition) is 5. The zero-order valence-corrected chi connectivity index (χ0v) is 19.7. The van der Waals surface area contributed by atoms with Crippen LogP contribution in [0, 0.1) is 0 Å². The molecule has 0 aliphatic heterocycles. The van der Waals surface area contributed by atoms with E-state index >= 15 is 0 Å². The number of aliphatic carboxylic acids is 1. The summed E-state index contributed by atoms with van der Waals surface area (Å²) in [5, 5.41) is 30.3. The number of carbonyl (C=O) groups is 1. The zero-order chi connectivity index (χ0) is 24.2. The summed E-state index contributed by atoms with van der Waals surface area (Å²) in [5.41, 5.74) is 4.00. The molecule has 3 aromatic rings. The van der Waals surface area contributed by atoms with Crippen LogP contribution in [-0.2, 0) is 4.79 Å². The first-order valence-corrected chi connectivity index (χ1v) is 11.8. The van der Waals surface area contributed by atoms with E-state index < -0.39 is 24.6 Å². The van der Waals surface area contributed by atoms with Gasteiger partial charge in [-0.1, -0.05) is 59.6 Å². The van der Waals surface area contributed by atoms with E-state index in [1.54, 1.807) is 30.4 Å². The van der Waals surface area contributed by atoms with E-state index in [1.807, 2.05) is 30.3 Å². The Balaban J connectivity index is 1.77. The molecule has 6 nitrogen and oxygen atoms in total. The number of halogens is 2. The third-order valence-corrected chi connectivity index (χ3v) is 6.04. The summed E-state index contributed by atoms with van der Waals surface area (Å²) in [5.74, 6) is -0.278. The van der Waals surface area contributed by atoms with Crippen LogP contribution in [0.25, 0.3) is 28.7 Å². The number of aliphatic hydroxyl groups is 2. The van der Waals surface area contributed by atoms with E-state index in [4.69, 9.17) is 38.3 Å². The first-order valence-electron chi connectivity index (χ1n) is 11.0. The number of carboxylic acids is 1. The number of hydrogen-bond donors (Lipinski definition) is 3. The van der Waals surface area contributed by atoms with Gasteiger partial charge in [0.15, 0.2) is 5.82 Å². The van der Waals surface area contributed by atoms with Crippen molar-refractivity contribution in [2.75, 3.05) is 0 Å². The topological polar surface area (TPSA) is 104 Å². The Labute approximate surface area is 207 Å². The van der Waals surface area contributed by atoms with Gasteiger partial charge < -0.3 is 15.3 Å². The van der Waals surface area contributed by atoms with Gasteiger partial charge in [0, 0.05) is 39.1 Å². The molecule has 4 rings (SSSR count). The molecule has 0 amide bonds. The maximum absolute atomic E-state index is 10.8. The van der Waals surface area contributed by atoms with Gasteiger partial charge in [-0.25, -0.2) is 9.97 Å². The molecule has 8 heteroatoms. The Bertz CT molecular complexity index is 1210.